The maximum atomic E-state index is 12.6. The first-order valence-electron chi connectivity index (χ1n) is 9.93. The normalized spacial score (nSPS) is 12.6. The molecule has 0 spiro atoms. The summed E-state index contributed by atoms with van der Waals surface area (Å²) in [6.45, 7) is 7.75. The Hall–Kier alpha value is -3.07. The van der Waals surface area contributed by atoms with Gasteiger partial charge in [0.1, 0.15) is 17.5 Å². The molecule has 0 saturated carbocycles. The number of nitrogens with one attached hydrogen (secondary N) is 1. The number of sulfonamides is 1. The summed E-state index contributed by atoms with van der Waals surface area (Å²) >= 11 is 0. The largest absolute Gasteiger partial charge is 0.494 e. The fourth-order valence-corrected chi connectivity index (χ4v) is 4.01. The summed E-state index contributed by atoms with van der Waals surface area (Å²) in [5, 5.41) is 3.94. The average molecular weight is 448 g/mol. The molecule has 0 saturated heterocycles. The van der Waals surface area contributed by atoms with Crippen molar-refractivity contribution in [3.05, 3.63) is 54.1 Å². The third-order valence-corrected chi connectivity index (χ3v) is 5.37. The average Bonchev–Trinajstić information content (AvgIpc) is 2.69. The monoisotopic (exact) mass is 447 g/mol. The van der Waals surface area contributed by atoms with Crippen LogP contribution in [-0.4, -0.2) is 45.5 Å². The Balaban J connectivity index is 2.08. The second kappa shape index (κ2) is 10.8. The number of carbonyl (C=O) groups excluding carboxylic acids is 1. The highest BCUT2D eigenvalue weighted by atomic mass is 32.2. The summed E-state index contributed by atoms with van der Waals surface area (Å²) in [7, 11) is -3.71. The quantitative estimate of drug-likeness (QED) is 0.446. The number of hydrazone groups is 1. The molecule has 0 bridgehead atoms. The van der Waals surface area contributed by atoms with E-state index in [4.69, 9.17) is 9.47 Å². The fraction of sp³-hybridized carbons (Fsp3) is 0.364. The van der Waals surface area contributed by atoms with E-state index in [1.807, 2.05) is 32.9 Å². The maximum absolute atomic E-state index is 12.6. The minimum absolute atomic E-state index is 0.0773. The van der Waals surface area contributed by atoms with Gasteiger partial charge in [-0.2, -0.15) is 5.10 Å². The van der Waals surface area contributed by atoms with Gasteiger partial charge in [0.25, 0.3) is 5.91 Å². The van der Waals surface area contributed by atoms with E-state index in [9.17, 15) is 13.2 Å². The van der Waals surface area contributed by atoms with Gasteiger partial charge in [0.15, 0.2) is 0 Å². The molecule has 9 heteroatoms. The molecule has 0 fully saturated rings. The van der Waals surface area contributed by atoms with Crippen molar-refractivity contribution in [2.24, 2.45) is 5.10 Å². The summed E-state index contributed by atoms with van der Waals surface area (Å²) < 4.78 is 36.7. The smallest absolute Gasteiger partial charge is 0.263 e. The molecule has 31 heavy (non-hydrogen) atoms. The van der Waals surface area contributed by atoms with Gasteiger partial charge in [-0.25, -0.2) is 13.8 Å². The van der Waals surface area contributed by atoms with Crippen molar-refractivity contribution in [3.63, 3.8) is 0 Å². The number of hydrogen-bond donors (Lipinski definition) is 1. The molecule has 0 aliphatic carbocycles. The molecular weight excluding hydrogens is 418 g/mol. The number of ether oxygens (including phenoxy) is 2. The van der Waals surface area contributed by atoms with Crippen LogP contribution in [-0.2, 0) is 14.8 Å². The number of benzene rings is 2. The van der Waals surface area contributed by atoms with Gasteiger partial charge >= 0.3 is 0 Å². The van der Waals surface area contributed by atoms with Crippen LogP contribution in [0.5, 0.6) is 11.5 Å². The van der Waals surface area contributed by atoms with Gasteiger partial charge in [-0.3, -0.25) is 9.10 Å². The van der Waals surface area contributed by atoms with E-state index >= 15 is 0 Å². The Morgan fingerprint density at radius 2 is 1.65 bits per heavy atom. The van der Waals surface area contributed by atoms with Crippen LogP contribution in [0, 0.1) is 0 Å². The number of carbonyl (C=O) groups is 1. The number of amides is 1. The SMILES string of the molecule is CCOc1ccc(N([C@H](C)C(=O)N/N=C\c2ccc(OC(C)C)cc2)S(C)(=O)=O)cc1. The van der Waals surface area contributed by atoms with Crippen LogP contribution in [0.4, 0.5) is 5.69 Å². The van der Waals surface area contributed by atoms with Crippen molar-refractivity contribution in [2.45, 2.75) is 39.8 Å². The molecule has 2 aromatic rings. The zero-order valence-corrected chi connectivity index (χ0v) is 19.2. The second-order valence-electron chi connectivity index (χ2n) is 7.13. The molecule has 0 radical (unpaired) electrons. The minimum atomic E-state index is -3.71. The molecular formula is C22H29N3O5S. The van der Waals surface area contributed by atoms with Gasteiger partial charge < -0.3 is 9.47 Å². The van der Waals surface area contributed by atoms with Crippen molar-refractivity contribution in [1.82, 2.24) is 5.43 Å². The zero-order valence-electron chi connectivity index (χ0n) is 18.4. The van der Waals surface area contributed by atoms with Gasteiger partial charge in [-0.05, 0) is 81.8 Å². The fourth-order valence-electron chi connectivity index (χ4n) is 2.83. The highest BCUT2D eigenvalue weighted by Gasteiger charge is 2.29. The van der Waals surface area contributed by atoms with E-state index in [2.05, 4.69) is 10.5 Å². The molecule has 8 nitrogen and oxygen atoms in total. The number of nitrogens with zero attached hydrogens (tertiary/aromatic N) is 2. The highest BCUT2D eigenvalue weighted by Crippen LogP contribution is 2.24. The van der Waals surface area contributed by atoms with E-state index in [1.165, 1.54) is 13.1 Å². The summed E-state index contributed by atoms with van der Waals surface area (Å²) in [6.07, 6.45) is 2.61. The number of anilines is 1. The third-order valence-electron chi connectivity index (χ3n) is 4.13. The highest BCUT2D eigenvalue weighted by molar-refractivity contribution is 7.92. The molecule has 0 aliphatic heterocycles. The zero-order chi connectivity index (χ0) is 23.0. The van der Waals surface area contributed by atoms with Gasteiger partial charge in [-0.1, -0.05) is 0 Å². The van der Waals surface area contributed by atoms with E-state index in [0.717, 1.165) is 21.9 Å². The Labute approximate surface area is 183 Å². The van der Waals surface area contributed by atoms with Crippen LogP contribution in [0.25, 0.3) is 0 Å². The van der Waals surface area contributed by atoms with E-state index in [-0.39, 0.29) is 6.10 Å². The van der Waals surface area contributed by atoms with Crippen LogP contribution in [0.1, 0.15) is 33.3 Å². The van der Waals surface area contributed by atoms with Crippen molar-refractivity contribution in [2.75, 3.05) is 17.2 Å². The van der Waals surface area contributed by atoms with Crippen molar-refractivity contribution in [3.8, 4) is 11.5 Å². The summed E-state index contributed by atoms with van der Waals surface area (Å²) in [6, 6.07) is 12.7. The first kappa shape index (κ1) is 24.2. The van der Waals surface area contributed by atoms with Crippen LogP contribution >= 0.6 is 0 Å². The Morgan fingerprint density at radius 1 is 1.06 bits per heavy atom. The lowest BCUT2D eigenvalue weighted by Crippen LogP contribution is -2.46. The molecule has 1 atom stereocenters. The predicted molar refractivity (Wildman–Crippen MR) is 122 cm³/mol. The maximum Gasteiger partial charge on any atom is 0.263 e. The molecule has 0 heterocycles. The van der Waals surface area contributed by atoms with E-state index in [0.29, 0.717) is 18.0 Å². The van der Waals surface area contributed by atoms with Crippen LogP contribution in [0.3, 0.4) is 0 Å². The van der Waals surface area contributed by atoms with E-state index in [1.54, 1.807) is 36.4 Å². The number of hydrogen-bond acceptors (Lipinski definition) is 6. The van der Waals surface area contributed by atoms with Gasteiger partial charge in [0.05, 0.1) is 30.9 Å². The van der Waals surface area contributed by atoms with Crippen molar-refractivity contribution >= 4 is 27.8 Å². The molecule has 1 amide bonds. The molecule has 2 aromatic carbocycles. The standard InChI is InChI=1S/C22H29N3O5S/c1-6-29-20-13-9-19(10-14-20)25(31(5,27)28)17(4)22(26)24-23-15-18-7-11-21(12-8-18)30-16(2)3/h7-17H,6H2,1-5H3,(H,24,26)/b23-15-/t17-/m1/s1. The Bertz CT molecular complexity index is 987. The predicted octanol–water partition coefficient (Wildman–Crippen LogP) is 3.18. The summed E-state index contributed by atoms with van der Waals surface area (Å²) in [5.41, 5.74) is 3.52. The lowest BCUT2D eigenvalue weighted by atomic mass is 10.2. The van der Waals surface area contributed by atoms with Crippen molar-refractivity contribution < 1.29 is 22.7 Å². The number of rotatable bonds is 10. The topological polar surface area (TPSA) is 97.3 Å². The Morgan fingerprint density at radius 3 is 2.16 bits per heavy atom. The van der Waals surface area contributed by atoms with Crippen LogP contribution < -0.4 is 19.2 Å². The second-order valence-corrected chi connectivity index (χ2v) is 8.99. The lowest BCUT2D eigenvalue weighted by Gasteiger charge is -2.27. The summed E-state index contributed by atoms with van der Waals surface area (Å²) in [5.74, 6) is 0.797. The molecule has 0 aliphatic rings. The summed E-state index contributed by atoms with van der Waals surface area (Å²) in [4.78, 5) is 12.6. The Kier molecular flexibility index (Phi) is 8.44. The first-order chi connectivity index (χ1) is 14.6. The van der Waals surface area contributed by atoms with Crippen LogP contribution in [0.15, 0.2) is 53.6 Å². The van der Waals surface area contributed by atoms with Gasteiger partial charge in [0.2, 0.25) is 10.0 Å². The molecule has 1 N–H and O–H groups in total. The first-order valence-corrected chi connectivity index (χ1v) is 11.8. The minimum Gasteiger partial charge on any atom is -0.494 e. The van der Waals surface area contributed by atoms with Gasteiger partial charge in [-0.15, -0.1) is 0 Å². The van der Waals surface area contributed by atoms with Crippen molar-refractivity contribution in [1.29, 1.82) is 0 Å². The van der Waals surface area contributed by atoms with E-state index < -0.39 is 22.0 Å². The molecule has 2 rings (SSSR count). The third kappa shape index (κ3) is 7.29. The lowest BCUT2D eigenvalue weighted by molar-refractivity contribution is -0.121. The van der Waals surface area contributed by atoms with Crippen LogP contribution in [0.2, 0.25) is 0 Å². The molecule has 0 unspecified atom stereocenters. The van der Waals surface area contributed by atoms with Gasteiger partial charge in [0, 0.05) is 0 Å². The molecule has 168 valence electrons. The molecule has 0 aromatic heterocycles.